The van der Waals surface area contributed by atoms with E-state index in [1.165, 1.54) is 4.90 Å². The van der Waals surface area contributed by atoms with Crippen molar-refractivity contribution in [1.29, 1.82) is 0 Å². The maximum absolute atomic E-state index is 6.66. The number of thioether (sulfide) groups is 1. The minimum absolute atomic E-state index is 0.201. The Morgan fingerprint density at radius 2 is 1.85 bits per heavy atom. The molecule has 6 rings (SSSR count). The molecule has 0 saturated heterocycles. The van der Waals surface area contributed by atoms with Gasteiger partial charge in [0.25, 0.3) is 0 Å². The molecule has 3 aromatic carbocycles. The van der Waals surface area contributed by atoms with Gasteiger partial charge < -0.3 is 14.8 Å². The van der Waals surface area contributed by atoms with Crippen LogP contribution in [0.15, 0.2) is 89.6 Å². The predicted octanol–water partition coefficient (Wildman–Crippen LogP) is 5.57. The lowest BCUT2D eigenvalue weighted by molar-refractivity contribution is 0.223. The topological polar surface area (TPSA) is 61.2 Å². The van der Waals surface area contributed by atoms with Gasteiger partial charge in [0.1, 0.15) is 30.0 Å². The van der Waals surface area contributed by atoms with E-state index in [1.54, 1.807) is 25.2 Å². The van der Waals surface area contributed by atoms with Gasteiger partial charge in [-0.2, -0.15) is 10.1 Å². The molecule has 33 heavy (non-hydrogen) atoms. The molecule has 3 heterocycles. The van der Waals surface area contributed by atoms with Crippen LogP contribution in [-0.4, -0.2) is 28.1 Å². The van der Waals surface area contributed by atoms with E-state index in [4.69, 9.17) is 9.47 Å². The van der Waals surface area contributed by atoms with Gasteiger partial charge in [0.05, 0.1) is 12.8 Å². The number of methoxy groups -OCH3 is 1. The minimum atomic E-state index is -0.285. The monoisotopic (exact) mass is 454 g/mol. The summed E-state index contributed by atoms with van der Waals surface area (Å²) in [5.41, 5.74) is 5.28. The molecular formula is C26H22N4O2S. The lowest BCUT2D eigenvalue weighted by atomic mass is 9.84. The van der Waals surface area contributed by atoms with Gasteiger partial charge in [0.2, 0.25) is 5.95 Å². The molecular weight excluding hydrogens is 432 g/mol. The number of aromatic nitrogens is 3. The fourth-order valence-corrected chi connectivity index (χ4v) is 5.01. The first kappa shape index (κ1) is 19.9. The minimum Gasteiger partial charge on any atom is -0.497 e. The molecule has 0 spiro atoms. The number of anilines is 1. The second kappa shape index (κ2) is 8.01. The fourth-order valence-electron chi connectivity index (χ4n) is 4.60. The highest BCUT2D eigenvalue weighted by Gasteiger charge is 2.40. The van der Waals surface area contributed by atoms with Crippen LogP contribution in [0.2, 0.25) is 0 Å². The summed E-state index contributed by atoms with van der Waals surface area (Å²) >= 11 is 1.73. The van der Waals surface area contributed by atoms with Crippen LogP contribution in [0.1, 0.15) is 28.8 Å². The van der Waals surface area contributed by atoms with E-state index in [0.717, 1.165) is 39.5 Å². The van der Waals surface area contributed by atoms with Crippen molar-refractivity contribution in [3.8, 4) is 11.5 Å². The Balaban J connectivity index is 1.60. The number of hydrogen-bond acceptors (Lipinski definition) is 6. The second-order valence-electron chi connectivity index (χ2n) is 7.93. The SMILES string of the molecule is COc1cccc([C@@H]2C3=C(Nc4ncnn42)c2ccccc2O[C@H]3c2ccc(SC)cc2)c1. The van der Waals surface area contributed by atoms with Crippen LogP contribution in [0, 0.1) is 0 Å². The number of para-hydroxylation sites is 1. The van der Waals surface area contributed by atoms with E-state index < -0.39 is 0 Å². The highest BCUT2D eigenvalue weighted by molar-refractivity contribution is 7.98. The molecule has 0 fully saturated rings. The summed E-state index contributed by atoms with van der Waals surface area (Å²) in [4.78, 5) is 5.71. The van der Waals surface area contributed by atoms with Crippen LogP contribution >= 0.6 is 11.8 Å². The molecule has 7 heteroatoms. The van der Waals surface area contributed by atoms with E-state index in [-0.39, 0.29) is 12.1 Å². The molecule has 0 unspecified atom stereocenters. The van der Waals surface area contributed by atoms with Crippen molar-refractivity contribution in [3.05, 3.63) is 101 Å². The van der Waals surface area contributed by atoms with Crippen LogP contribution in [0.25, 0.3) is 5.70 Å². The molecule has 2 atom stereocenters. The van der Waals surface area contributed by atoms with Gasteiger partial charge in [-0.25, -0.2) is 4.68 Å². The quantitative estimate of drug-likeness (QED) is 0.407. The fraction of sp³-hybridized carbons (Fsp3) is 0.154. The third-order valence-electron chi connectivity index (χ3n) is 6.15. The van der Waals surface area contributed by atoms with Crippen LogP contribution in [0.4, 0.5) is 5.95 Å². The van der Waals surface area contributed by atoms with Gasteiger partial charge in [-0.05, 0) is 53.8 Å². The Labute approximate surface area is 196 Å². The van der Waals surface area contributed by atoms with Gasteiger partial charge in [-0.1, -0.05) is 36.4 Å². The van der Waals surface area contributed by atoms with Crippen LogP contribution < -0.4 is 14.8 Å². The molecule has 0 aliphatic carbocycles. The van der Waals surface area contributed by atoms with Crippen molar-refractivity contribution >= 4 is 23.4 Å². The van der Waals surface area contributed by atoms with Crippen molar-refractivity contribution in [2.75, 3.05) is 18.7 Å². The van der Waals surface area contributed by atoms with Crippen LogP contribution in [0.3, 0.4) is 0 Å². The third-order valence-corrected chi connectivity index (χ3v) is 6.89. The molecule has 0 bridgehead atoms. The lowest BCUT2D eigenvalue weighted by Gasteiger charge is -2.39. The third kappa shape index (κ3) is 3.27. The highest BCUT2D eigenvalue weighted by Crippen LogP contribution is 2.50. The summed E-state index contributed by atoms with van der Waals surface area (Å²) in [7, 11) is 1.68. The molecule has 164 valence electrons. The van der Waals surface area contributed by atoms with Crippen molar-refractivity contribution in [2.45, 2.75) is 17.0 Å². The number of benzene rings is 3. The molecule has 4 aromatic rings. The predicted molar refractivity (Wildman–Crippen MR) is 130 cm³/mol. The maximum atomic E-state index is 6.66. The van der Waals surface area contributed by atoms with E-state index in [0.29, 0.717) is 5.95 Å². The van der Waals surface area contributed by atoms with Gasteiger partial charge in [0.15, 0.2) is 0 Å². The normalized spacial score (nSPS) is 18.5. The van der Waals surface area contributed by atoms with Crippen molar-refractivity contribution in [2.24, 2.45) is 0 Å². The number of rotatable bonds is 4. The van der Waals surface area contributed by atoms with Crippen molar-refractivity contribution in [1.82, 2.24) is 14.8 Å². The van der Waals surface area contributed by atoms with Gasteiger partial charge in [0, 0.05) is 16.0 Å². The highest BCUT2D eigenvalue weighted by atomic mass is 32.2. The molecule has 2 aliphatic heterocycles. The molecule has 0 saturated carbocycles. The summed E-state index contributed by atoms with van der Waals surface area (Å²) in [5, 5.41) is 8.12. The molecule has 1 aromatic heterocycles. The molecule has 2 aliphatic rings. The number of ether oxygens (including phenoxy) is 2. The Bertz CT molecular complexity index is 1360. The zero-order valence-electron chi connectivity index (χ0n) is 18.2. The maximum Gasteiger partial charge on any atom is 0.226 e. The van der Waals surface area contributed by atoms with Gasteiger partial charge in [-0.15, -0.1) is 11.8 Å². The number of nitrogens with zero attached hydrogens (tertiary/aromatic N) is 3. The lowest BCUT2D eigenvalue weighted by Crippen LogP contribution is -2.32. The molecule has 0 radical (unpaired) electrons. The Morgan fingerprint density at radius 1 is 1.00 bits per heavy atom. The van der Waals surface area contributed by atoms with E-state index in [9.17, 15) is 0 Å². The smallest absolute Gasteiger partial charge is 0.226 e. The molecule has 6 nitrogen and oxygen atoms in total. The summed E-state index contributed by atoms with van der Waals surface area (Å²) in [6.07, 6.45) is 3.38. The number of hydrogen-bond donors (Lipinski definition) is 1. The number of nitrogens with one attached hydrogen (secondary N) is 1. The first-order valence-electron chi connectivity index (χ1n) is 10.7. The van der Waals surface area contributed by atoms with Crippen molar-refractivity contribution < 1.29 is 9.47 Å². The first-order valence-corrected chi connectivity index (χ1v) is 11.9. The Kier molecular flexibility index (Phi) is 4.84. The van der Waals surface area contributed by atoms with E-state index in [2.05, 4.69) is 64.1 Å². The summed E-state index contributed by atoms with van der Waals surface area (Å²) in [6.45, 7) is 0. The number of fused-ring (bicyclic) bond motifs is 3. The zero-order valence-corrected chi connectivity index (χ0v) is 19.0. The molecule has 1 N–H and O–H groups in total. The second-order valence-corrected chi connectivity index (χ2v) is 8.81. The van der Waals surface area contributed by atoms with Crippen LogP contribution in [-0.2, 0) is 0 Å². The zero-order chi connectivity index (χ0) is 22.4. The summed E-state index contributed by atoms with van der Waals surface area (Å²) < 4.78 is 14.1. The Morgan fingerprint density at radius 3 is 2.67 bits per heavy atom. The van der Waals surface area contributed by atoms with Crippen molar-refractivity contribution in [3.63, 3.8) is 0 Å². The van der Waals surface area contributed by atoms with Gasteiger partial charge >= 0.3 is 0 Å². The Hall–Kier alpha value is -3.71. The first-order chi connectivity index (χ1) is 16.3. The standard InChI is InChI=1S/C26H22N4O2S/c1-31-18-7-5-6-17(14-18)24-22-23(29-26-27-15-28-30(24)26)20-8-3-4-9-21(20)32-25(22)16-10-12-19(33-2)13-11-16/h3-15,24-25H,1-2H3,(H,27,28,29)/t24-,25+/m1/s1. The largest absolute Gasteiger partial charge is 0.497 e. The van der Waals surface area contributed by atoms with Gasteiger partial charge in [-0.3, -0.25) is 0 Å². The van der Waals surface area contributed by atoms with E-state index in [1.807, 2.05) is 35.0 Å². The average molecular weight is 455 g/mol. The van der Waals surface area contributed by atoms with E-state index >= 15 is 0 Å². The molecule has 0 amide bonds. The summed E-state index contributed by atoms with van der Waals surface area (Å²) in [5.74, 6) is 2.35. The van der Waals surface area contributed by atoms with Crippen LogP contribution in [0.5, 0.6) is 11.5 Å². The average Bonchev–Trinajstić information content (AvgIpc) is 3.35. The summed E-state index contributed by atoms with van der Waals surface area (Å²) in [6, 6.07) is 24.6.